The summed E-state index contributed by atoms with van der Waals surface area (Å²) in [4.78, 5) is 17.6. The van der Waals surface area contributed by atoms with Crippen LogP contribution in [0, 0.1) is 10.1 Å². The highest BCUT2D eigenvalue weighted by atomic mass is 16.6. The zero-order valence-electron chi connectivity index (χ0n) is 15.7. The number of fused-ring (bicyclic) bond motifs is 1. The minimum atomic E-state index is -0.394. The molecule has 28 heavy (non-hydrogen) atoms. The first-order chi connectivity index (χ1) is 13.6. The van der Waals surface area contributed by atoms with Crippen LogP contribution in [-0.4, -0.2) is 30.1 Å². The van der Waals surface area contributed by atoms with Gasteiger partial charge in [-0.05, 0) is 60.9 Å². The van der Waals surface area contributed by atoms with E-state index in [4.69, 9.17) is 9.72 Å². The Morgan fingerprint density at radius 1 is 1.07 bits per heavy atom. The van der Waals surface area contributed by atoms with E-state index in [1.165, 1.54) is 30.7 Å². The van der Waals surface area contributed by atoms with Gasteiger partial charge in [0.05, 0.1) is 23.2 Å². The first-order valence-corrected chi connectivity index (χ1v) is 9.30. The fraction of sp³-hybridized carbons (Fsp3) is 0.227. The van der Waals surface area contributed by atoms with E-state index in [1.807, 2.05) is 30.4 Å². The molecular formula is C22H21N3O3. The van der Waals surface area contributed by atoms with Crippen LogP contribution in [0.15, 0.2) is 48.5 Å². The largest absolute Gasteiger partial charge is 0.497 e. The molecule has 0 saturated carbocycles. The minimum Gasteiger partial charge on any atom is -0.497 e. The number of nitro groups is 1. The van der Waals surface area contributed by atoms with Crippen LogP contribution in [0.4, 0.5) is 11.4 Å². The maximum atomic E-state index is 10.8. The predicted molar refractivity (Wildman–Crippen MR) is 112 cm³/mol. The highest BCUT2D eigenvalue weighted by molar-refractivity contribution is 5.94. The Kier molecular flexibility index (Phi) is 4.93. The zero-order valence-corrected chi connectivity index (χ0v) is 15.7. The molecule has 0 aliphatic carbocycles. The second-order valence-corrected chi connectivity index (χ2v) is 6.83. The number of hydrogen-bond acceptors (Lipinski definition) is 5. The standard InChI is InChI=1S/C22H21N3O3/c1-28-19-10-11-21-20(15-19)22(24-12-2-3-13-24)14-17(23-21)7-4-16-5-8-18(9-6-16)25(26)27/h4-11,14-15H,2-3,12-13H2,1H3/b7-4+. The number of aromatic nitrogens is 1. The number of benzene rings is 2. The molecule has 2 aromatic carbocycles. The quantitative estimate of drug-likeness (QED) is 0.467. The minimum absolute atomic E-state index is 0.0891. The molecule has 1 saturated heterocycles. The third-order valence-corrected chi connectivity index (χ3v) is 5.01. The maximum Gasteiger partial charge on any atom is 0.269 e. The first kappa shape index (κ1) is 18.0. The topological polar surface area (TPSA) is 68.5 Å². The lowest BCUT2D eigenvalue weighted by Crippen LogP contribution is -2.18. The molecule has 0 atom stereocenters. The smallest absolute Gasteiger partial charge is 0.269 e. The van der Waals surface area contributed by atoms with Crippen LogP contribution in [0.3, 0.4) is 0 Å². The second kappa shape index (κ2) is 7.68. The lowest BCUT2D eigenvalue weighted by molar-refractivity contribution is -0.384. The molecule has 0 unspecified atom stereocenters. The molecule has 3 aromatic rings. The van der Waals surface area contributed by atoms with Crippen LogP contribution in [0.25, 0.3) is 23.1 Å². The lowest BCUT2D eigenvalue weighted by atomic mass is 10.1. The van der Waals surface area contributed by atoms with Gasteiger partial charge in [0.15, 0.2) is 0 Å². The molecule has 6 nitrogen and oxygen atoms in total. The monoisotopic (exact) mass is 375 g/mol. The summed E-state index contributed by atoms with van der Waals surface area (Å²) in [6, 6.07) is 14.5. The Bertz CT molecular complexity index is 1040. The number of non-ortho nitro benzene ring substituents is 1. The van der Waals surface area contributed by atoms with Crippen LogP contribution in [-0.2, 0) is 0 Å². The van der Waals surface area contributed by atoms with E-state index in [0.29, 0.717) is 0 Å². The van der Waals surface area contributed by atoms with Crippen LogP contribution < -0.4 is 9.64 Å². The van der Waals surface area contributed by atoms with Gasteiger partial charge in [-0.3, -0.25) is 10.1 Å². The number of methoxy groups -OCH3 is 1. The van der Waals surface area contributed by atoms with Crippen molar-refractivity contribution in [3.63, 3.8) is 0 Å². The average Bonchev–Trinajstić information content (AvgIpc) is 3.26. The number of nitrogens with zero attached hydrogens (tertiary/aromatic N) is 3. The van der Waals surface area contributed by atoms with Crippen molar-refractivity contribution in [1.29, 1.82) is 0 Å². The van der Waals surface area contributed by atoms with Crippen LogP contribution in [0.5, 0.6) is 5.75 Å². The highest BCUT2D eigenvalue weighted by Crippen LogP contribution is 2.32. The van der Waals surface area contributed by atoms with E-state index in [2.05, 4.69) is 11.0 Å². The van der Waals surface area contributed by atoms with Gasteiger partial charge < -0.3 is 9.64 Å². The van der Waals surface area contributed by atoms with Crippen molar-refractivity contribution in [3.05, 3.63) is 69.9 Å². The Labute approximate surface area is 163 Å². The first-order valence-electron chi connectivity index (χ1n) is 9.30. The van der Waals surface area contributed by atoms with E-state index < -0.39 is 4.92 Å². The molecule has 1 aliphatic heterocycles. The van der Waals surface area contributed by atoms with Crippen LogP contribution in [0.1, 0.15) is 24.1 Å². The van der Waals surface area contributed by atoms with Crippen LogP contribution in [0.2, 0.25) is 0 Å². The molecule has 1 fully saturated rings. The van der Waals surface area contributed by atoms with Crippen molar-refractivity contribution in [3.8, 4) is 5.75 Å². The molecule has 0 N–H and O–H groups in total. The predicted octanol–water partition coefficient (Wildman–Crippen LogP) is 4.92. The Morgan fingerprint density at radius 2 is 1.82 bits per heavy atom. The maximum absolute atomic E-state index is 10.8. The second-order valence-electron chi connectivity index (χ2n) is 6.83. The van der Waals surface area contributed by atoms with E-state index in [1.54, 1.807) is 19.2 Å². The van der Waals surface area contributed by atoms with Gasteiger partial charge >= 0.3 is 0 Å². The molecule has 0 amide bonds. The number of nitro benzene ring substituents is 1. The van der Waals surface area contributed by atoms with E-state index in [-0.39, 0.29) is 5.69 Å². The van der Waals surface area contributed by atoms with Gasteiger partial charge in [-0.2, -0.15) is 0 Å². The van der Waals surface area contributed by atoms with Crippen molar-refractivity contribution in [1.82, 2.24) is 4.98 Å². The number of pyridine rings is 1. The number of ether oxygens (including phenoxy) is 1. The zero-order chi connectivity index (χ0) is 19.5. The molecule has 0 bridgehead atoms. The van der Waals surface area contributed by atoms with Gasteiger partial charge in [-0.25, -0.2) is 4.98 Å². The molecule has 0 radical (unpaired) electrons. The van der Waals surface area contributed by atoms with Crippen molar-refractivity contribution in [2.24, 2.45) is 0 Å². The fourth-order valence-electron chi connectivity index (χ4n) is 3.53. The summed E-state index contributed by atoms with van der Waals surface area (Å²) in [5, 5.41) is 11.9. The molecule has 1 aliphatic rings. The SMILES string of the molecule is COc1ccc2nc(/C=C/c3ccc([N+](=O)[O-])cc3)cc(N3CCCC3)c2c1. The van der Waals surface area contributed by atoms with E-state index in [0.717, 1.165) is 41.0 Å². The third kappa shape index (κ3) is 3.67. The summed E-state index contributed by atoms with van der Waals surface area (Å²) >= 11 is 0. The summed E-state index contributed by atoms with van der Waals surface area (Å²) in [5.41, 5.74) is 3.94. The summed E-state index contributed by atoms with van der Waals surface area (Å²) in [7, 11) is 1.67. The Balaban J connectivity index is 1.71. The van der Waals surface area contributed by atoms with Gasteiger partial charge in [-0.1, -0.05) is 6.08 Å². The van der Waals surface area contributed by atoms with Crippen LogP contribution >= 0.6 is 0 Å². The summed E-state index contributed by atoms with van der Waals surface area (Å²) in [6.45, 7) is 2.09. The molecule has 1 aromatic heterocycles. The number of anilines is 1. The van der Waals surface area contributed by atoms with Crippen molar-refractivity contribution >= 4 is 34.4 Å². The fourth-order valence-corrected chi connectivity index (χ4v) is 3.53. The van der Waals surface area contributed by atoms with Crippen molar-refractivity contribution < 1.29 is 9.66 Å². The lowest BCUT2D eigenvalue weighted by Gasteiger charge is -2.20. The Hall–Kier alpha value is -3.41. The van der Waals surface area contributed by atoms with E-state index >= 15 is 0 Å². The number of rotatable bonds is 5. The summed E-state index contributed by atoms with van der Waals surface area (Å²) in [6.07, 6.45) is 6.27. The molecule has 142 valence electrons. The van der Waals surface area contributed by atoms with Gasteiger partial charge in [0, 0.05) is 36.3 Å². The van der Waals surface area contributed by atoms with Gasteiger partial charge in [0.25, 0.3) is 5.69 Å². The average molecular weight is 375 g/mol. The normalized spacial score (nSPS) is 14.1. The van der Waals surface area contributed by atoms with Gasteiger partial charge in [0.2, 0.25) is 0 Å². The van der Waals surface area contributed by atoms with E-state index in [9.17, 15) is 10.1 Å². The number of hydrogen-bond donors (Lipinski definition) is 0. The van der Waals surface area contributed by atoms with Gasteiger partial charge in [0.1, 0.15) is 5.75 Å². The van der Waals surface area contributed by atoms with Gasteiger partial charge in [-0.15, -0.1) is 0 Å². The Morgan fingerprint density at radius 3 is 2.50 bits per heavy atom. The molecular weight excluding hydrogens is 354 g/mol. The third-order valence-electron chi connectivity index (χ3n) is 5.01. The molecule has 6 heteroatoms. The molecule has 2 heterocycles. The molecule has 0 spiro atoms. The summed E-state index contributed by atoms with van der Waals surface area (Å²) < 4.78 is 5.39. The highest BCUT2D eigenvalue weighted by Gasteiger charge is 2.16. The van der Waals surface area contributed by atoms with Crippen molar-refractivity contribution in [2.45, 2.75) is 12.8 Å². The molecule has 4 rings (SSSR count). The van der Waals surface area contributed by atoms with Crippen molar-refractivity contribution in [2.75, 3.05) is 25.1 Å². The summed E-state index contributed by atoms with van der Waals surface area (Å²) in [5.74, 6) is 0.823.